The molecule has 0 amide bonds. The molecule has 106 valence electrons. The molecule has 5 nitrogen and oxygen atoms in total. The third-order valence-corrected chi connectivity index (χ3v) is 3.33. The van der Waals surface area contributed by atoms with Crippen LogP contribution in [-0.2, 0) is 4.74 Å². The number of aromatic amines is 1. The van der Waals surface area contributed by atoms with Gasteiger partial charge in [-0.25, -0.2) is 4.79 Å². The van der Waals surface area contributed by atoms with Crippen LogP contribution in [0.2, 0.25) is 0 Å². The van der Waals surface area contributed by atoms with Crippen LogP contribution in [0, 0.1) is 0 Å². The maximum Gasteiger partial charge on any atom is 0.356 e. The summed E-state index contributed by atoms with van der Waals surface area (Å²) < 4.78 is 9.87. The number of ether oxygens (including phenoxy) is 2. The van der Waals surface area contributed by atoms with E-state index in [1.54, 1.807) is 13.2 Å². The highest BCUT2D eigenvalue weighted by atomic mass is 16.5. The topological polar surface area (TPSA) is 64.2 Å². The van der Waals surface area contributed by atoms with Crippen molar-refractivity contribution in [3.8, 4) is 17.0 Å². The number of H-pyrrole nitrogens is 1. The lowest BCUT2D eigenvalue weighted by Gasteiger charge is -2.04. The van der Waals surface area contributed by atoms with Crippen molar-refractivity contribution >= 4 is 16.7 Å². The number of hydrogen-bond donors (Lipinski definition) is 1. The number of aromatic nitrogens is 2. The fourth-order valence-corrected chi connectivity index (χ4v) is 2.19. The molecule has 0 aliphatic carbocycles. The third kappa shape index (κ3) is 2.45. The van der Waals surface area contributed by atoms with E-state index in [9.17, 15) is 4.79 Å². The molecule has 5 heteroatoms. The summed E-state index contributed by atoms with van der Waals surface area (Å²) in [7, 11) is 2.99. The number of rotatable bonds is 3. The number of carbonyl (C=O) groups excluding carboxylic acids is 1. The SMILES string of the molecule is COC(=O)c1cc(-c2ccc3cc(OC)ccc3c2)n[nH]1. The minimum Gasteiger partial charge on any atom is -0.497 e. The van der Waals surface area contributed by atoms with Crippen LogP contribution in [-0.4, -0.2) is 30.4 Å². The van der Waals surface area contributed by atoms with Gasteiger partial charge in [-0.05, 0) is 35.0 Å². The van der Waals surface area contributed by atoms with Gasteiger partial charge in [0.1, 0.15) is 11.4 Å². The quantitative estimate of drug-likeness (QED) is 0.750. The van der Waals surface area contributed by atoms with Crippen molar-refractivity contribution in [2.75, 3.05) is 14.2 Å². The van der Waals surface area contributed by atoms with Gasteiger partial charge in [-0.2, -0.15) is 5.10 Å². The fraction of sp³-hybridized carbons (Fsp3) is 0.125. The molecule has 0 spiro atoms. The molecule has 0 atom stereocenters. The molecule has 0 fully saturated rings. The Bertz CT molecular complexity index is 808. The van der Waals surface area contributed by atoms with E-state index < -0.39 is 5.97 Å². The van der Waals surface area contributed by atoms with Crippen LogP contribution < -0.4 is 4.74 Å². The Hall–Kier alpha value is -2.82. The zero-order chi connectivity index (χ0) is 14.8. The van der Waals surface area contributed by atoms with E-state index in [-0.39, 0.29) is 0 Å². The first kappa shape index (κ1) is 13.2. The van der Waals surface area contributed by atoms with E-state index in [0.717, 1.165) is 22.1 Å². The van der Waals surface area contributed by atoms with E-state index in [1.807, 2.05) is 36.4 Å². The summed E-state index contributed by atoms with van der Waals surface area (Å²) in [5, 5.41) is 8.99. The Balaban J connectivity index is 2.01. The predicted molar refractivity (Wildman–Crippen MR) is 79.4 cm³/mol. The van der Waals surface area contributed by atoms with Crippen LogP contribution >= 0.6 is 0 Å². The number of nitrogens with zero attached hydrogens (tertiary/aromatic N) is 1. The van der Waals surface area contributed by atoms with Crippen LogP contribution in [0.25, 0.3) is 22.0 Å². The predicted octanol–water partition coefficient (Wildman–Crippen LogP) is 3.03. The Morgan fingerprint density at radius 1 is 1.05 bits per heavy atom. The Labute approximate surface area is 121 Å². The summed E-state index contributed by atoms with van der Waals surface area (Å²) in [6.07, 6.45) is 0. The van der Waals surface area contributed by atoms with Crippen molar-refractivity contribution in [2.45, 2.75) is 0 Å². The van der Waals surface area contributed by atoms with Gasteiger partial charge in [0.15, 0.2) is 0 Å². The summed E-state index contributed by atoms with van der Waals surface area (Å²) in [4.78, 5) is 11.4. The lowest BCUT2D eigenvalue weighted by Crippen LogP contribution is -2.00. The minimum atomic E-state index is -0.431. The second-order valence-electron chi connectivity index (χ2n) is 4.59. The van der Waals surface area contributed by atoms with Crippen LogP contribution in [0.3, 0.4) is 0 Å². The van der Waals surface area contributed by atoms with Gasteiger partial charge in [-0.3, -0.25) is 5.10 Å². The highest BCUT2D eigenvalue weighted by Gasteiger charge is 2.11. The van der Waals surface area contributed by atoms with E-state index in [0.29, 0.717) is 11.4 Å². The lowest BCUT2D eigenvalue weighted by atomic mass is 10.0. The number of esters is 1. The first-order chi connectivity index (χ1) is 10.2. The molecule has 0 saturated carbocycles. The number of fused-ring (bicyclic) bond motifs is 1. The second kappa shape index (κ2) is 5.28. The first-order valence-electron chi connectivity index (χ1n) is 6.43. The second-order valence-corrected chi connectivity index (χ2v) is 4.59. The minimum absolute atomic E-state index is 0.335. The number of nitrogens with one attached hydrogen (secondary N) is 1. The Morgan fingerprint density at radius 2 is 1.81 bits per heavy atom. The van der Waals surface area contributed by atoms with Gasteiger partial charge in [0.2, 0.25) is 0 Å². The van der Waals surface area contributed by atoms with Crippen molar-refractivity contribution in [3.63, 3.8) is 0 Å². The van der Waals surface area contributed by atoms with Gasteiger partial charge >= 0.3 is 5.97 Å². The van der Waals surface area contributed by atoms with Crippen LogP contribution in [0.5, 0.6) is 5.75 Å². The smallest absolute Gasteiger partial charge is 0.356 e. The molecule has 2 aromatic carbocycles. The summed E-state index contributed by atoms with van der Waals surface area (Å²) >= 11 is 0. The van der Waals surface area contributed by atoms with Crippen LogP contribution in [0.1, 0.15) is 10.5 Å². The summed E-state index contributed by atoms with van der Waals surface area (Å²) in [6.45, 7) is 0. The van der Waals surface area contributed by atoms with Gasteiger partial charge in [0, 0.05) is 5.56 Å². The summed E-state index contributed by atoms with van der Waals surface area (Å²) in [5.41, 5.74) is 1.97. The van der Waals surface area contributed by atoms with Crippen molar-refractivity contribution in [2.24, 2.45) is 0 Å². The zero-order valence-corrected chi connectivity index (χ0v) is 11.7. The summed E-state index contributed by atoms with van der Waals surface area (Å²) in [6, 6.07) is 13.5. The van der Waals surface area contributed by atoms with E-state index >= 15 is 0 Å². The maximum atomic E-state index is 11.4. The van der Waals surface area contributed by atoms with E-state index in [4.69, 9.17) is 4.74 Å². The van der Waals surface area contributed by atoms with Crippen LogP contribution in [0.4, 0.5) is 0 Å². The van der Waals surface area contributed by atoms with E-state index in [2.05, 4.69) is 14.9 Å². The monoisotopic (exact) mass is 282 g/mol. The highest BCUT2D eigenvalue weighted by molar-refractivity contribution is 5.90. The van der Waals surface area contributed by atoms with Gasteiger partial charge in [0.25, 0.3) is 0 Å². The molecule has 0 unspecified atom stereocenters. The lowest BCUT2D eigenvalue weighted by molar-refractivity contribution is 0.0594. The standard InChI is InChI=1S/C16H14N2O3/c1-20-13-6-5-10-7-12(4-3-11(10)8-13)14-9-15(18-17-14)16(19)21-2/h3-9H,1-2H3,(H,17,18). The highest BCUT2D eigenvalue weighted by Crippen LogP contribution is 2.26. The van der Waals surface area contributed by atoms with Crippen molar-refractivity contribution < 1.29 is 14.3 Å². The molecular formula is C16H14N2O3. The number of hydrogen-bond acceptors (Lipinski definition) is 4. The number of benzene rings is 2. The summed E-state index contributed by atoms with van der Waals surface area (Å²) in [5.74, 6) is 0.391. The van der Waals surface area contributed by atoms with Gasteiger partial charge in [-0.15, -0.1) is 0 Å². The Morgan fingerprint density at radius 3 is 2.57 bits per heavy atom. The first-order valence-corrected chi connectivity index (χ1v) is 6.43. The van der Waals surface area contributed by atoms with Crippen molar-refractivity contribution in [1.29, 1.82) is 0 Å². The van der Waals surface area contributed by atoms with Crippen molar-refractivity contribution in [3.05, 3.63) is 48.2 Å². The maximum absolute atomic E-state index is 11.4. The molecular weight excluding hydrogens is 268 g/mol. The number of methoxy groups -OCH3 is 2. The molecule has 0 saturated heterocycles. The van der Waals surface area contributed by atoms with Gasteiger partial charge in [-0.1, -0.05) is 18.2 Å². The molecule has 3 rings (SSSR count). The Kier molecular flexibility index (Phi) is 3.31. The molecule has 1 aromatic heterocycles. The molecule has 1 heterocycles. The molecule has 0 radical (unpaired) electrons. The largest absolute Gasteiger partial charge is 0.497 e. The molecule has 0 aliphatic heterocycles. The molecule has 0 aliphatic rings. The zero-order valence-electron chi connectivity index (χ0n) is 11.7. The van der Waals surface area contributed by atoms with E-state index in [1.165, 1.54) is 7.11 Å². The average molecular weight is 282 g/mol. The molecule has 21 heavy (non-hydrogen) atoms. The third-order valence-electron chi connectivity index (χ3n) is 3.33. The molecule has 1 N–H and O–H groups in total. The molecule has 0 bridgehead atoms. The normalized spacial score (nSPS) is 10.6. The van der Waals surface area contributed by atoms with Crippen molar-refractivity contribution in [1.82, 2.24) is 10.2 Å². The average Bonchev–Trinajstić information content (AvgIpc) is 3.03. The van der Waals surface area contributed by atoms with Gasteiger partial charge < -0.3 is 9.47 Å². The number of carbonyl (C=O) groups is 1. The fourth-order valence-electron chi connectivity index (χ4n) is 2.19. The van der Waals surface area contributed by atoms with Gasteiger partial charge in [0.05, 0.1) is 19.9 Å². The molecule has 3 aromatic rings. The van der Waals surface area contributed by atoms with Crippen LogP contribution in [0.15, 0.2) is 42.5 Å².